The summed E-state index contributed by atoms with van der Waals surface area (Å²) in [5.74, 6) is -0.259. The molecule has 0 aliphatic heterocycles. The second-order valence-corrected chi connectivity index (χ2v) is 7.83. The van der Waals surface area contributed by atoms with Crippen LogP contribution in [0.1, 0.15) is 48.4 Å². The Hall–Kier alpha value is -2.88. The molecule has 0 atom stereocenters. The smallest absolute Gasteiger partial charge is 0.339 e. The van der Waals surface area contributed by atoms with E-state index in [0.29, 0.717) is 45.9 Å². The van der Waals surface area contributed by atoms with E-state index in [1.165, 1.54) is 0 Å². The SMILES string of the molecule is CC(C)COC(=O)c1c2ccccc2c(C(=O)OCC(C)C)c2ccccc12. The van der Waals surface area contributed by atoms with Crippen LogP contribution in [0.4, 0.5) is 0 Å². The highest BCUT2D eigenvalue weighted by Gasteiger charge is 2.23. The fourth-order valence-electron chi connectivity index (χ4n) is 3.20. The Bertz CT molecular complexity index is 879. The van der Waals surface area contributed by atoms with E-state index in [4.69, 9.17) is 9.47 Å². The fourth-order valence-corrected chi connectivity index (χ4v) is 3.20. The first-order chi connectivity index (χ1) is 13.4. The molecule has 0 bridgehead atoms. The van der Waals surface area contributed by atoms with Crippen LogP contribution < -0.4 is 0 Å². The van der Waals surface area contributed by atoms with Crippen LogP contribution in [0.5, 0.6) is 0 Å². The van der Waals surface area contributed by atoms with Crippen LogP contribution in [0.2, 0.25) is 0 Å². The van der Waals surface area contributed by atoms with Gasteiger partial charge in [-0.2, -0.15) is 0 Å². The normalized spacial score (nSPS) is 11.4. The first-order valence-corrected chi connectivity index (χ1v) is 9.67. The summed E-state index contributed by atoms with van der Waals surface area (Å²) in [4.78, 5) is 25.9. The summed E-state index contributed by atoms with van der Waals surface area (Å²) in [6, 6.07) is 14.9. The summed E-state index contributed by atoms with van der Waals surface area (Å²) >= 11 is 0. The molecule has 3 aromatic carbocycles. The topological polar surface area (TPSA) is 52.6 Å². The number of benzene rings is 3. The molecule has 0 heterocycles. The minimum Gasteiger partial charge on any atom is -0.462 e. The molecule has 0 radical (unpaired) electrons. The summed E-state index contributed by atoms with van der Waals surface area (Å²) in [6.07, 6.45) is 0. The van der Waals surface area contributed by atoms with Crippen molar-refractivity contribution in [2.75, 3.05) is 13.2 Å². The summed E-state index contributed by atoms with van der Waals surface area (Å²) < 4.78 is 11.1. The van der Waals surface area contributed by atoms with Crippen LogP contribution in [0.25, 0.3) is 21.5 Å². The van der Waals surface area contributed by atoms with E-state index in [-0.39, 0.29) is 23.8 Å². The average molecular weight is 378 g/mol. The Morgan fingerprint density at radius 3 is 1.18 bits per heavy atom. The predicted molar refractivity (Wildman–Crippen MR) is 112 cm³/mol. The summed E-state index contributed by atoms with van der Waals surface area (Å²) in [5, 5.41) is 2.80. The van der Waals surface area contributed by atoms with E-state index in [1.807, 2.05) is 76.2 Å². The van der Waals surface area contributed by atoms with Gasteiger partial charge in [0.15, 0.2) is 0 Å². The van der Waals surface area contributed by atoms with Crippen molar-refractivity contribution in [1.82, 2.24) is 0 Å². The molecule has 4 nitrogen and oxygen atoms in total. The number of rotatable bonds is 6. The van der Waals surface area contributed by atoms with Crippen LogP contribution in [-0.2, 0) is 9.47 Å². The Morgan fingerprint density at radius 1 is 0.643 bits per heavy atom. The van der Waals surface area contributed by atoms with Crippen molar-refractivity contribution in [3.8, 4) is 0 Å². The Balaban J connectivity index is 2.24. The Kier molecular flexibility index (Phi) is 5.98. The van der Waals surface area contributed by atoms with Crippen molar-refractivity contribution in [3.63, 3.8) is 0 Å². The van der Waals surface area contributed by atoms with Gasteiger partial charge in [0, 0.05) is 0 Å². The molecule has 3 rings (SSSR count). The van der Waals surface area contributed by atoms with Crippen LogP contribution in [-0.4, -0.2) is 25.2 Å². The van der Waals surface area contributed by atoms with E-state index < -0.39 is 0 Å². The van der Waals surface area contributed by atoms with Gasteiger partial charge in [-0.1, -0.05) is 76.2 Å². The minimum absolute atomic E-state index is 0.242. The summed E-state index contributed by atoms with van der Waals surface area (Å²) in [7, 11) is 0. The van der Waals surface area contributed by atoms with E-state index in [9.17, 15) is 9.59 Å². The molecule has 0 saturated heterocycles. The van der Waals surface area contributed by atoms with Crippen molar-refractivity contribution in [3.05, 3.63) is 59.7 Å². The molecule has 0 N–H and O–H groups in total. The number of hydrogen-bond donors (Lipinski definition) is 0. The summed E-state index contributed by atoms with van der Waals surface area (Å²) in [5.41, 5.74) is 0.986. The lowest BCUT2D eigenvalue weighted by Gasteiger charge is -2.16. The lowest BCUT2D eigenvalue weighted by atomic mass is 9.91. The van der Waals surface area contributed by atoms with E-state index in [0.717, 1.165) is 0 Å². The maximum atomic E-state index is 12.9. The standard InChI is InChI=1S/C24H26O4/c1-15(2)13-27-23(25)21-17-9-5-7-11-19(17)22(24(26)28-14-16(3)4)20-12-8-6-10-18(20)21/h5-12,15-16H,13-14H2,1-4H3. The Labute approximate surface area is 165 Å². The second kappa shape index (κ2) is 8.42. The number of hydrogen-bond acceptors (Lipinski definition) is 4. The predicted octanol–water partition coefficient (Wildman–Crippen LogP) is 5.62. The molecular weight excluding hydrogens is 352 g/mol. The molecule has 0 unspecified atom stereocenters. The molecule has 0 spiro atoms. The molecular formula is C24H26O4. The lowest BCUT2D eigenvalue weighted by Crippen LogP contribution is -2.14. The minimum atomic E-state index is -0.372. The highest BCUT2D eigenvalue weighted by molar-refractivity contribution is 6.24. The van der Waals surface area contributed by atoms with Crippen LogP contribution in [0, 0.1) is 11.8 Å². The third-order valence-electron chi connectivity index (χ3n) is 4.44. The highest BCUT2D eigenvalue weighted by Crippen LogP contribution is 2.34. The van der Waals surface area contributed by atoms with E-state index in [1.54, 1.807) is 0 Å². The molecule has 0 saturated carbocycles. The van der Waals surface area contributed by atoms with Gasteiger partial charge in [0.25, 0.3) is 0 Å². The zero-order chi connectivity index (χ0) is 20.3. The van der Waals surface area contributed by atoms with E-state index >= 15 is 0 Å². The van der Waals surface area contributed by atoms with Crippen molar-refractivity contribution in [1.29, 1.82) is 0 Å². The van der Waals surface area contributed by atoms with Gasteiger partial charge in [-0.25, -0.2) is 9.59 Å². The van der Waals surface area contributed by atoms with Gasteiger partial charge >= 0.3 is 11.9 Å². The highest BCUT2D eigenvalue weighted by atomic mass is 16.5. The first kappa shape index (κ1) is 19.9. The number of ether oxygens (including phenoxy) is 2. The van der Waals surface area contributed by atoms with Gasteiger partial charge < -0.3 is 9.47 Å². The largest absolute Gasteiger partial charge is 0.462 e. The van der Waals surface area contributed by atoms with Gasteiger partial charge in [-0.15, -0.1) is 0 Å². The quantitative estimate of drug-likeness (QED) is 0.413. The molecule has 0 aliphatic carbocycles. The summed E-state index contributed by atoms with van der Waals surface area (Å²) in [6.45, 7) is 8.68. The third-order valence-corrected chi connectivity index (χ3v) is 4.44. The van der Waals surface area contributed by atoms with Crippen molar-refractivity contribution >= 4 is 33.5 Å². The van der Waals surface area contributed by atoms with Gasteiger partial charge in [-0.05, 0) is 33.4 Å². The molecule has 0 aliphatic rings. The molecule has 28 heavy (non-hydrogen) atoms. The maximum absolute atomic E-state index is 12.9. The molecule has 0 fully saturated rings. The van der Waals surface area contributed by atoms with Crippen LogP contribution in [0.15, 0.2) is 48.5 Å². The lowest BCUT2D eigenvalue weighted by molar-refractivity contribution is 0.0452. The zero-order valence-corrected chi connectivity index (χ0v) is 16.8. The van der Waals surface area contributed by atoms with E-state index in [2.05, 4.69) is 0 Å². The van der Waals surface area contributed by atoms with Gasteiger partial charge in [-0.3, -0.25) is 0 Å². The molecule has 3 aromatic rings. The Morgan fingerprint density at radius 2 is 0.929 bits per heavy atom. The zero-order valence-electron chi connectivity index (χ0n) is 16.8. The van der Waals surface area contributed by atoms with Gasteiger partial charge in [0.2, 0.25) is 0 Å². The van der Waals surface area contributed by atoms with Crippen LogP contribution in [0.3, 0.4) is 0 Å². The number of esters is 2. The fraction of sp³-hybridized carbons (Fsp3) is 0.333. The number of carbonyl (C=O) groups is 2. The maximum Gasteiger partial charge on any atom is 0.339 e. The molecule has 0 amide bonds. The van der Waals surface area contributed by atoms with Crippen molar-refractivity contribution in [2.45, 2.75) is 27.7 Å². The average Bonchev–Trinajstić information content (AvgIpc) is 2.68. The van der Waals surface area contributed by atoms with Crippen LogP contribution >= 0.6 is 0 Å². The van der Waals surface area contributed by atoms with Gasteiger partial charge in [0.1, 0.15) is 0 Å². The third kappa shape index (κ3) is 4.01. The molecule has 146 valence electrons. The van der Waals surface area contributed by atoms with Crippen molar-refractivity contribution < 1.29 is 19.1 Å². The molecule has 4 heteroatoms. The monoisotopic (exact) mass is 378 g/mol. The molecule has 0 aromatic heterocycles. The van der Waals surface area contributed by atoms with Gasteiger partial charge in [0.05, 0.1) is 24.3 Å². The second-order valence-electron chi connectivity index (χ2n) is 7.83. The number of fused-ring (bicyclic) bond motifs is 2. The van der Waals surface area contributed by atoms with Crippen molar-refractivity contribution in [2.24, 2.45) is 11.8 Å². The number of carbonyl (C=O) groups excluding carboxylic acids is 2. The first-order valence-electron chi connectivity index (χ1n) is 9.67.